The average Bonchev–Trinajstić information content (AvgIpc) is 2.42. The fraction of sp³-hybridized carbons (Fsp3) is 0.538. The molecule has 1 aliphatic carbocycles. The Kier molecular flexibility index (Phi) is 5.40. The number of halogens is 2. The summed E-state index contributed by atoms with van der Waals surface area (Å²) >= 11 is 7.50. The maximum Gasteiger partial charge on any atom is 0.243 e. The topological polar surface area (TPSA) is 72.2 Å². The van der Waals surface area contributed by atoms with Gasteiger partial charge in [-0.3, -0.25) is 0 Å². The second kappa shape index (κ2) is 6.73. The summed E-state index contributed by atoms with van der Waals surface area (Å²) in [4.78, 5) is -0.487. The smallest absolute Gasteiger partial charge is 0.243 e. The van der Waals surface area contributed by atoms with E-state index in [0.29, 0.717) is 5.25 Å². The van der Waals surface area contributed by atoms with Crippen LogP contribution in [0.2, 0.25) is 5.02 Å². The van der Waals surface area contributed by atoms with Gasteiger partial charge in [-0.05, 0) is 37.7 Å². The van der Waals surface area contributed by atoms with E-state index in [1.54, 1.807) is 11.8 Å². The molecule has 0 radical (unpaired) electrons. The van der Waals surface area contributed by atoms with Gasteiger partial charge in [0.05, 0.1) is 5.69 Å². The highest BCUT2D eigenvalue weighted by Gasteiger charge is 2.28. The molecule has 0 saturated heterocycles. The minimum atomic E-state index is -3.97. The van der Waals surface area contributed by atoms with Gasteiger partial charge in [-0.25, -0.2) is 17.5 Å². The molecule has 8 heteroatoms. The molecule has 1 aliphatic rings. The first-order chi connectivity index (χ1) is 9.83. The number of nitrogens with two attached hydrogens (primary N) is 1. The predicted molar refractivity (Wildman–Crippen MR) is 85.7 cm³/mol. The molecule has 3 N–H and O–H groups in total. The summed E-state index contributed by atoms with van der Waals surface area (Å²) in [6, 6.07) is 2.10. The maximum atomic E-state index is 14.0. The lowest BCUT2D eigenvalue weighted by atomic mass is 9.96. The molecule has 2 unspecified atom stereocenters. The van der Waals surface area contributed by atoms with E-state index in [1.807, 2.05) is 6.26 Å². The minimum Gasteiger partial charge on any atom is -0.396 e. The fourth-order valence-electron chi connectivity index (χ4n) is 2.53. The molecule has 0 heterocycles. The van der Waals surface area contributed by atoms with Crippen LogP contribution in [0.3, 0.4) is 0 Å². The van der Waals surface area contributed by atoms with Crippen LogP contribution in [0.15, 0.2) is 17.0 Å². The number of benzene rings is 1. The Morgan fingerprint density at radius 3 is 2.81 bits per heavy atom. The number of thioether (sulfide) groups is 1. The third-order valence-corrected chi connectivity index (χ3v) is 6.44. The van der Waals surface area contributed by atoms with Gasteiger partial charge >= 0.3 is 0 Å². The summed E-state index contributed by atoms with van der Waals surface area (Å²) in [5.41, 5.74) is 5.17. The normalized spacial score (nSPS) is 23.2. The molecule has 0 spiro atoms. The van der Waals surface area contributed by atoms with E-state index in [2.05, 4.69) is 4.72 Å². The second-order valence-electron chi connectivity index (χ2n) is 5.15. The lowest BCUT2D eigenvalue weighted by Crippen LogP contribution is -2.39. The molecule has 2 atom stereocenters. The standard InChI is InChI=1S/C13H18ClFN2O2S2/c1-20-10-4-2-3-9(7-10)17-21(18,19)12-6-8(14)5-11(16)13(12)15/h5-6,9-10,17H,2-4,7,16H2,1H3. The van der Waals surface area contributed by atoms with Crippen LogP contribution in [0.1, 0.15) is 25.7 Å². The van der Waals surface area contributed by atoms with Crippen molar-refractivity contribution in [2.24, 2.45) is 0 Å². The molecule has 1 aromatic carbocycles. The molecular formula is C13H18ClFN2O2S2. The van der Waals surface area contributed by atoms with Crippen molar-refractivity contribution in [3.8, 4) is 0 Å². The van der Waals surface area contributed by atoms with Gasteiger partial charge in [-0.2, -0.15) is 11.8 Å². The Morgan fingerprint density at radius 1 is 1.43 bits per heavy atom. The summed E-state index contributed by atoms with van der Waals surface area (Å²) in [7, 11) is -3.97. The Morgan fingerprint density at radius 2 is 2.14 bits per heavy atom. The summed E-state index contributed by atoms with van der Waals surface area (Å²) in [5.74, 6) is -0.955. The zero-order valence-corrected chi connectivity index (χ0v) is 14.0. The molecule has 118 valence electrons. The zero-order valence-electron chi connectivity index (χ0n) is 11.6. The van der Waals surface area contributed by atoms with E-state index in [9.17, 15) is 12.8 Å². The Labute approximate surface area is 133 Å². The van der Waals surface area contributed by atoms with E-state index in [-0.39, 0.29) is 16.8 Å². The van der Waals surface area contributed by atoms with Gasteiger partial charge in [0.1, 0.15) is 4.90 Å². The number of hydrogen-bond acceptors (Lipinski definition) is 4. The lowest BCUT2D eigenvalue weighted by Gasteiger charge is -2.28. The first-order valence-electron chi connectivity index (χ1n) is 6.63. The number of anilines is 1. The van der Waals surface area contributed by atoms with Crippen molar-refractivity contribution in [3.63, 3.8) is 0 Å². The van der Waals surface area contributed by atoms with Gasteiger partial charge in [0, 0.05) is 16.3 Å². The van der Waals surface area contributed by atoms with Crippen molar-refractivity contribution in [2.75, 3.05) is 12.0 Å². The highest BCUT2D eigenvalue weighted by Crippen LogP contribution is 2.29. The van der Waals surface area contributed by atoms with Gasteiger partial charge < -0.3 is 5.73 Å². The fourth-order valence-corrected chi connectivity index (χ4v) is 5.06. The molecule has 1 fully saturated rings. The SMILES string of the molecule is CSC1CCCC(NS(=O)(=O)c2cc(Cl)cc(N)c2F)C1. The summed E-state index contributed by atoms with van der Waals surface area (Å²) in [5, 5.41) is 0.528. The quantitative estimate of drug-likeness (QED) is 0.817. The monoisotopic (exact) mass is 352 g/mol. The van der Waals surface area contributed by atoms with Crippen LogP contribution >= 0.6 is 23.4 Å². The van der Waals surface area contributed by atoms with E-state index in [4.69, 9.17) is 17.3 Å². The molecule has 1 aromatic rings. The van der Waals surface area contributed by atoms with Crippen LogP contribution in [0.25, 0.3) is 0 Å². The average molecular weight is 353 g/mol. The van der Waals surface area contributed by atoms with Gasteiger partial charge in [-0.1, -0.05) is 18.0 Å². The first-order valence-corrected chi connectivity index (χ1v) is 9.78. The summed E-state index contributed by atoms with van der Waals surface area (Å²) in [6.45, 7) is 0. The number of sulfonamides is 1. The van der Waals surface area contributed by atoms with Crippen LogP contribution in [-0.4, -0.2) is 26.0 Å². The van der Waals surface area contributed by atoms with Crippen LogP contribution in [-0.2, 0) is 10.0 Å². The molecule has 0 aliphatic heterocycles. The number of hydrogen-bond donors (Lipinski definition) is 2. The largest absolute Gasteiger partial charge is 0.396 e. The maximum absolute atomic E-state index is 14.0. The van der Waals surface area contributed by atoms with Crippen LogP contribution < -0.4 is 10.5 Å². The van der Waals surface area contributed by atoms with E-state index >= 15 is 0 Å². The zero-order chi connectivity index (χ0) is 15.6. The van der Waals surface area contributed by atoms with Crippen LogP contribution in [0.4, 0.5) is 10.1 Å². The molecule has 4 nitrogen and oxygen atoms in total. The highest BCUT2D eigenvalue weighted by atomic mass is 35.5. The molecular weight excluding hydrogens is 335 g/mol. The number of nitrogens with one attached hydrogen (secondary N) is 1. The van der Waals surface area contributed by atoms with Crippen molar-refractivity contribution in [3.05, 3.63) is 23.0 Å². The molecule has 2 rings (SSSR count). The molecule has 1 saturated carbocycles. The summed E-state index contributed by atoms with van der Waals surface area (Å²) in [6.07, 6.45) is 5.56. The van der Waals surface area contributed by atoms with E-state index < -0.39 is 20.7 Å². The van der Waals surface area contributed by atoms with Crippen molar-refractivity contribution < 1.29 is 12.8 Å². The molecule has 0 amide bonds. The first kappa shape index (κ1) is 16.9. The van der Waals surface area contributed by atoms with Crippen molar-refractivity contribution >= 4 is 39.1 Å². The highest BCUT2D eigenvalue weighted by molar-refractivity contribution is 7.99. The molecule has 21 heavy (non-hydrogen) atoms. The number of nitrogen functional groups attached to an aromatic ring is 1. The van der Waals surface area contributed by atoms with Crippen LogP contribution in [0, 0.1) is 5.82 Å². The van der Waals surface area contributed by atoms with Crippen molar-refractivity contribution in [1.29, 1.82) is 0 Å². The van der Waals surface area contributed by atoms with Crippen molar-refractivity contribution in [1.82, 2.24) is 4.72 Å². The van der Waals surface area contributed by atoms with Crippen molar-refractivity contribution in [2.45, 2.75) is 41.9 Å². The third-order valence-electron chi connectivity index (χ3n) is 3.60. The predicted octanol–water partition coefficient (Wildman–Crippen LogP) is 3.01. The number of rotatable bonds is 4. The Hall–Kier alpha value is -0.500. The van der Waals surface area contributed by atoms with E-state index in [0.717, 1.165) is 31.7 Å². The Bertz CT molecular complexity index is 625. The van der Waals surface area contributed by atoms with E-state index in [1.165, 1.54) is 6.07 Å². The van der Waals surface area contributed by atoms with Gasteiger partial charge in [-0.15, -0.1) is 0 Å². The lowest BCUT2D eigenvalue weighted by molar-refractivity contribution is 0.420. The molecule has 0 aromatic heterocycles. The van der Waals surface area contributed by atoms with Gasteiger partial charge in [0.2, 0.25) is 10.0 Å². The summed E-state index contributed by atoms with van der Waals surface area (Å²) < 4.78 is 41.2. The van der Waals surface area contributed by atoms with Gasteiger partial charge in [0.15, 0.2) is 5.82 Å². The second-order valence-corrected chi connectivity index (χ2v) is 8.41. The van der Waals surface area contributed by atoms with Gasteiger partial charge in [0.25, 0.3) is 0 Å². The minimum absolute atomic E-state index is 0.0971. The Balaban J connectivity index is 2.23. The third kappa shape index (κ3) is 4.03. The van der Waals surface area contributed by atoms with Crippen LogP contribution in [0.5, 0.6) is 0 Å². The molecule has 0 bridgehead atoms.